The lowest BCUT2D eigenvalue weighted by Gasteiger charge is -2.07. The van der Waals surface area contributed by atoms with Crippen LogP contribution in [0.1, 0.15) is 5.69 Å². The van der Waals surface area contributed by atoms with Crippen molar-refractivity contribution in [2.24, 2.45) is 0 Å². The summed E-state index contributed by atoms with van der Waals surface area (Å²) in [5.74, 6) is -2.17. The Bertz CT molecular complexity index is 682. The average Bonchev–Trinajstić information content (AvgIpc) is 2.70. The Morgan fingerprint density at radius 2 is 2.00 bits per heavy atom. The van der Waals surface area contributed by atoms with Gasteiger partial charge in [0, 0.05) is 6.07 Å². The maximum Gasteiger partial charge on any atom is 0.265 e. The number of hydrogen-bond acceptors (Lipinski definition) is 3. The van der Waals surface area contributed by atoms with Crippen molar-refractivity contribution in [1.82, 2.24) is 10.2 Å². The van der Waals surface area contributed by atoms with Gasteiger partial charge in [-0.15, -0.1) is 0 Å². The molecule has 0 saturated heterocycles. The highest BCUT2D eigenvalue weighted by molar-refractivity contribution is 7.92. The van der Waals surface area contributed by atoms with Gasteiger partial charge in [0.2, 0.25) is 0 Å². The summed E-state index contributed by atoms with van der Waals surface area (Å²) in [4.78, 5) is -0.0489. The molecule has 96 valence electrons. The van der Waals surface area contributed by atoms with Crippen LogP contribution in [0, 0.1) is 18.6 Å². The van der Waals surface area contributed by atoms with Crippen LogP contribution in [0.2, 0.25) is 0 Å². The van der Waals surface area contributed by atoms with Crippen molar-refractivity contribution in [3.8, 4) is 0 Å². The van der Waals surface area contributed by atoms with Crippen molar-refractivity contribution in [2.75, 3.05) is 4.72 Å². The summed E-state index contributed by atoms with van der Waals surface area (Å²) in [6, 6.07) is 2.74. The number of aromatic amines is 1. The predicted octanol–water partition coefficient (Wildman–Crippen LogP) is 1.80. The molecule has 0 amide bonds. The number of sulfonamides is 1. The smallest absolute Gasteiger partial charge is 0.265 e. The number of H-pyrrole nitrogens is 1. The van der Waals surface area contributed by atoms with E-state index in [1.807, 2.05) is 0 Å². The lowest BCUT2D eigenvalue weighted by molar-refractivity contribution is 0.509. The molecule has 0 unspecified atom stereocenters. The molecule has 18 heavy (non-hydrogen) atoms. The maximum absolute atomic E-state index is 12.9. The molecule has 8 heteroatoms. The monoisotopic (exact) mass is 273 g/mol. The number of aryl methyl sites for hydroxylation is 1. The summed E-state index contributed by atoms with van der Waals surface area (Å²) >= 11 is 0. The van der Waals surface area contributed by atoms with Gasteiger partial charge in [-0.05, 0) is 19.1 Å². The Hall–Kier alpha value is -1.96. The molecule has 0 bridgehead atoms. The van der Waals surface area contributed by atoms with Crippen LogP contribution < -0.4 is 4.72 Å². The third-order valence-electron chi connectivity index (χ3n) is 2.24. The van der Waals surface area contributed by atoms with Crippen molar-refractivity contribution in [3.63, 3.8) is 0 Å². The Morgan fingerprint density at radius 1 is 1.28 bits per heavy atom. The van der Waals surface area contributed by atoms with Crippen molar-refractivity contribution in [3.05, 3.63) is 41.7 Å². The van der Waals surface area contributed by atoms with Gasteiger partial charge in [-0.1, -0.05) is 0 Å². The van der Waals surface area contributed by atoms with E-state index in [2.05, 4.69) is 14.9 Å². The highest BCUT2D eigenvalue weighted by Gasteiger charge is 2.19. The van der Waals surface area contributed by atoms with Gasteiger partial charge in [0.15, 0.2) is 11.6 Å². The van der Waals surface area contributed by atoms with Crippen LogP contribution >= 0.6 is 0 Å². The number of halogens is 2. The zero-order chi connectivity index (χ0) is 13.3. The van der Waals surface area contributed by atoms with E-state index in [9.17, 15) is 17.2 Å². The minimum atomic E-state index is -3.86. The molecule has 0 aliphatic rings. The van der Waals surface area contributed by atoms with Crippen LogP contribution in [-0.4, -0.2) is 18.6 Å². The number of hydrogen-bond donors (Lipinski definition) is 2. The standard InChI is InChI=1S/C10H9F2N3O2S/c1-6-10(5-13-14-6)18(16,17)15-7-2-3-8(11)9(12)4-7/h2-5,15H,1H3,(H,13,14). The Kier molecular flexibility index (Phi) is 3.04. The van der Waals surface area contributed by atoms with E-state index in [1.54, 1.807) is 0 Å². The molecular weight excluding hydrogens is 264 g/mol. The molecule has 1 heterocycles. The number of benzene rings is 1. The molecule has 0 fully saturated rings. The normalized spacial score (nSPS) is 11.5. The first kappa shape index (κ1) is 12.5. The molecule has 0 aliphatic carbocycles. The zero-order valence-electron chi connectivity index (χ0n) is 9.24. The van der Waals surface area contributed by atoms with E-state index in [1.165, 1.54) is 6.92 Å². The molecule has 2 aromatic rings. The quantitative estimate of drug-likeness (QED) is 0.895. The van der Waals surface area contributed by atoms with Crippen molar-refractivity contribution >= 4 is 15.7 Å². The van der Waals surface area contributed by atoms with Gasteiger partial charge in [-0.3, -0.25) is 9.82 Å². The maximum atomic E-state index is 12.9. The molecule has 0 aliphatic heterocycles. The summed E-state index contributed by atoms with van der Waals surface area (Å²) < 4.78 is 51.6. The van der Waals surface area contributed by atoms with E-state index in [0.717, 1.165) is 24.4 Å². The molecule has 5 nitrogen and oxygen atoms in total. The average molecular weight is 273 g/mol. The Balaban J connectivity index is 2.34. The molecule has 2 N–H and O–H groups in total. The summed E-state index contributed by atoms with van der Waals surface area (Å²) in [6.45, 7) is 1.53. The van der Waals surface area contributed by atoms with E-state index in [4.69, 9.17) is 0 Å². The van der Waals surface area contributed by atoms with Gasteiger partial charge in [0.05, 0.1) is 17.6 Å². The van der Waals surface area contributed by atoms with Crippen LogP contribution in [0.4, 0.5) is 14.5 Å². The number of nitrogens with zero attached hydrogens (tertiary/aromatic N) is 1. The topological polar surface area (TPSA) is 74.8 Å². The molecule has 1 aromatic carbocycles. The van der Waals surface area contributed by atoms with Gasteiger partial charge < -0.3 is 0 Å². The fourth-order valence-corrected chi connectivity index (χ4v) is 2.57. The van der Waals surface area contributed by atoms with Crippen LogP contribution in [-0.2, 0) is 10.0 Å². The number of nitrogens with one attached hydrogen (secondary N) is 2. The zero-order valence-corrected chi connectivity index (χ0v) is 10.1. The fraction of sp³-hybridized carbons (Fsp3) is 0.100. The van der Waals surface area contributed by atoms with Gasteiger partial charge in [0.1, 0.15) is 4.90 Å². The number of aromatic nitrogens is 2. The first-order valence-corrected chi connectivity index (χ1v) is 6.36. The Labute approximate surface area is 102 Å². The van der Waals surface area contributed by atoms with E-state index < -0.39 is 21.7 Å². The van der Waals surface area contributed by atoms with Gasteiger partial charge in [-0.2, -0.15) is 5.10 Å². The minimum absolute atomic E-state index is 0.0489. The van der Waals surface area contributed by atoms with Crippen molar-refractivity contribution in [1.29, 1.82) is 0 Å². The third-order valence-corrected chi connectivity index (χ3v) is 3.74. The summed E-state index contributed by atoms with van der Waals surface area (Å²) in [7, 11) is -3.86. The molecule has 0 spiro atoms. The lowest BCUT2D eigenvalue weighted by Crippen LogP contribution is -2.13. The van der Waals surface area contributed by atoms with Crippen molar-refractivity contribution in [2.45, 2.75) is 11.8 Å². The Morgan fingerprint density at radius 3 is 2.56 bits per heavy atom. The first-order valence-electron chi connectivity index (χ1n) is 4.88. The number of rotatable bonds is 3. The summed E-state index contributed by atoms with van der Waals surface area (Å²) in [6.07, 6.45) is 1.14. The largest absolute Gasteiger partial charge is 0.281 e. The molecule has 0 radical (unpaired) electrons. The molecule has 0 atom stereocenters. The molecule has 2 rings (SSSR count). The minimum Gasteiger partial charge on any atom is -0.281 e. The predicted molar refractivity (Wildman–Crippen MR) is 60.5 cm³/mol. The fourth-order valence-electron chi connectivity index (χ4n) is 1.38. The highest BCUT2D eigenvalue weighted by atomic mass is 32.2. The van der Waals surface area contributed by atoms with Crippen LogP contribution in [0.15, 0.2) is 29.3 Å². The first-order chi connectivity index (χ1) is 8.40. The van der Waals surface area contributed by atoms with Crippen LogP contribution in [0.3, 0.4) is 0 Å². The second-order valence-corrected chi connectivity index (χ2v) is 5.24. The highest BCUT2D eigenvalue weighted by Crippen LogP contribution is 2.19. The summed E-state index contributed by atoms with van der Waals surface area (Å²) in [5, 5.41) is 6.06. The molecular formula is C10H9F2N3O2S. The van der Waals surface area contributed by atoms with Crippen molar-refractivity contribution < 1.29 is 17.2 Å². The van der Waals surface area contributed by atoms with E-state index in [0.29, 0.717) is 5.69 Å². The van der Waals surface area contributed by atoms with E-state index in [-0.39, 0.29) is 10.6 Å². The van der Waals surface area contributed by atoms with Crippen LogP contribution in [0.5, 0.6) is 0 Å². The SMILES string of the molecule is Cc1[nH]ncc1S(=O)(=O)Nc1ccc(F)c(F)c1. The second kappa shape index (κ2) is 4.37. The molecule has 0 saturated carbocycles. The van der Waals surface area contributed by atoms with Gasteiger partial charge in [0.25, 0.3) is 10.0 Å². The second-order valence-electron chi connectivity index (χ2n) is 3.59. The lowest BCUT2D eigenvalue weighted by atomic mass is 10.3. The van der Waals surface area contributed by atoms with Crippen LogP contribution in [0.25, 0.3) is 0 Å². The van der Waals surface area contributed by atoms with Gasteiger partial charge in [-0.25, -0.2) is 17.2 Å². The number of anilines is 1. The summed E-state index contributed by atoms with van der Waals surface area (Å²) in [5.41, 5.74) is 0.291. The third kappa shape index (κ3) is 2.33. The molecule has 1 aromatic heterocycles. The van der Waals surface area contributed by atoms with E-state index >= 15 is 0 Å². The van der Waals surface area contributed by atoms with Gasteiger partial charge >= 0.3 is 0 Å².